The third-order valence-electron chi connectivity index (χ3n) is 3.71. The Labute approximate surface area is 153 Å². The van der Waals surface area contributed by atoms with Crippen molar-refractivity contribution in [1.29, 1.82) is 0 Å². The lowest BCUT2D eigenvalue weighted by Crippen LogP contribution is -2.23. The van der Waals surface area contributed by atoms with Crippen LogP contribution >= 0.6 is 0 Å². The maximum atomic E-state index is 11.9. The van der Waals surface area contributed by atoms with Crippen LogP contribution in [-0.4, -0.2) is 45.1 Å². The summed E-state index contributed by atoms with van der Waals surface area (Å²) in [6, 6.07) is 12.6. The van der Waals surface area contributed by atoms with E-state index < -0.39 is 0 Å². The van der Waals surface area contributed by atoms with Crippen molar-refractivity contribution in [3.05, 3.63) is 53.6 Å². The molecule has 0 radical (unpaired) electrons. The first kappa shape index (κ1) is 19.1. The number of guanidine groups is 1. The molecule has 2 rings (SSSR count). The van der Waals surface area contributed by atoms with Gasteiger partial charge in [0.25, 0.3) is 5.91 Å². The van der Waals surface area contributed by atoms with Gasteiger partial charge in [0.1, 0.15) is 11.5 Å². The average molecular weight is 356 g/mol. The Morgan fingerprint density at radius 1 is 1.12 bits per heavy atom. The number of ether oxygens (including phenoxy) is 2. The Morgan fingerprint density at radius 2 is 1.81 bits per heavy atom. The van der Waals surface area contributed by atoms with Crippen molar-refractivity contribution >= 4 is 17.6 Å². The van der Waals surface area contributed by atoms with E-state index in [0.717, 1.165) is 5.56 Å². The molecule has 1 amide bonds. The fraction of sp³-hybridized carbons (Fsp3) is 0.263. The number of amides is 1. The van der Waals surface area contributed by atoms with Crippen molar-refractivity contribution in [2.75, 3.05) is 33.6 Å². The van der Waals surface area contributed by atoms with Crippen LogP contribution in [0.15, 0.2) is 47.5 Å². The van der Waals surface area contributed by atoms with Gasteiger partial charge in [-0.05, 0) is 29.8 Å². The van der Waals surface area contributed by atoms with Gasteiger partial charge in [-0.25, -0.2) is 4.99 Å². The van der Waals surface area contributed by atoms with Crippen molar-refractivity contribution in [3.63, 3.8) is 0 Å². The van der Waals surface area contributed by atoms with Crippen molar-refractivity contribution in [3.8, 4) is 11.5 Å². The number of hydrogen-bond donors (Lipinski definition) is 2. The minimum Gasteiger partial charge on any atom is -0.497 e. The predicted octanol–water partition coefficient (Wildman–Crippen LogP) is 2.33. The van der Waals surface area contributed by atoms with E-state index in [9.17, 15) is 4.79 Å². The van der Waals surface area contributed by atoms with Crippen LogP contribution in [-0.2, 0) is 6.54 Å². The molecule has 7 heteroatoms. The van der Waals surface area contributed by atoms with E-state index in [0.29, 0.717) is 29.3 Å². The Bertz CT molecular complexity index is 786. The van der Waals surface area contributed by atoms with Gasteiger partial charge in [0.05, 0.1) is 26.5 Å². The molecule has 2 aromatic carbocycles. The summed E-state index contributed by atoms with van der Waals surface area (Å²) in [6.07, 6.45) is 0. The first-order valence-electron chi connectivity index (χ1n) is 8.04. The summed E-state index contributed by atoms with van der Waals surface area (Å²) in [5, 5.41) is 3.01. The van der Waals surface area contributed by atoms with Crippen LogP contribution in [0.4, 0.5) is 5.69 Å². The fourth-order valence-electron chi connectivity index (χ4n) is 2.28. The van der Waals surface area contributed by atoms with E-state index in [1.165, 1.54) is 4.90 Å². The second-order valence-corrected chi connectivity index (χ2v) is 5.79. The summed E-state index contributed by atoms with van der Waals surface area (Å²) >= 11 is 0. The van der Waals surface area contributed by atoms with Gasteiger partial charge < -0.3 is 25.4 Å². The summed E-state index contributed by atoms with van der Waals surface area (Å²) < 4.78 is 10.5. The number of rotatable bonds is 6. The molecule has 26 heavy (non-hydrogen) atoms. The Morgan fingerprint density at radius 3 is 2.38 bits per heavy atom. The van der Waals surface area contributed by atoms with E-state index >= 15 is 0 Å². The zero-order valence-corrected chi connectivity index (χ0v) is 15.4. The summed E-state index contributed by atoms with van der Waals surface area (Å²) in [5.41, 5.74) is 8.22. The van der Waals surface area contributed by atoms with E-state index in [2.05, 4.69) is 10.3 Å². The summed E-state index contributed by atoms with van der Waals surface area (Å²) in [4.78, 5) is 17.7. The van der Waals surface area contributed by atoms with Crippen LogP contribution in [0.5, 0.6) is 11.5 Å². The largest absolute Gasteiger partial charge is 0.497 e. The number of nitrogens with zero attached hydrogens (tertiary/aromatic N) is 2. The second-order valence-electron chi connectivity index (χ2n) is 5.79. The molecule has 0 aromatic heterocycles. The first-order valence-corrected chi connectivity index (χ1v) is 8.04. The van der Waals surface area contributed by atoms with Gasteiger partial charge in [0.2, 0.25) is 0 Å². The minimum absolute atomic E-state index is 0.0358. The number of nitrogens with two attached hydrogens (primary N) is 1. The molecule has 2 aromatic rings. The molecule has 0 aliphatic carbocycles. The number of carbonyl (C=O) groups excluding carboxylic acids is 1. The molecule has 7 nitrogen and oxygen atoms in total. The van der Waals surface area contributed by atoms with Crippen LogP contribution in [0.2, 0.25) is 0 Å². The van der Waals surface area contributed by atoms with Crippen LogP contribution in [0.25, 0.3) is 0 Å². The number of nitrogens with one attached hydrogen (secondary N) is 1. The molecule has 0 atom stereocenters. The molecule has 0 heterocycles. The van der Waals surface area contributed by atoms with E-state index in [4.69, 9.17) is 15.2 Å². The van der Waals surface area contributed by atoms with Crippen molar-refractivity contribution < 1.29 is 14.3 Å². The lowest BCUT2D eigenvalue weighted by atomic mass is 10.1. The molecule has 3 N–H and O–H groups in total. The monoisotopic (exact) mass is 356 g/mol. The quantitative estimate of drug-likeness (QED) is 0.612. The van der Waals surface area contributed by atoms with E-state index in [-0.39, 0.29) is 11.9 Å². The van der Waals surface area contributed by atoms with Gasteiger partial charge in [0, 0.05) is 25.7 Å². The number of carbonyl (C=O) groups is 1. The predicted molar refractivity (Wildman–Crippen MR) is 103 cm³/mol. The second kappa shape index (κ2) is 8.75. The van der Waals surface area contributed by atoms with Crippen molar-refractivity contribution in [2.45, 2.75) is 6.54 Å². The highest BCUT2D eigenvalue weighted by Gasteiger charge is 2.08. The third kappa shape index (κ3) is 4.89. The third-order valence-corrected chi connectivity index (χ3v) is 3.71. The normalized spacial score (nSPS) is 11.0. The Balaban J connectivity index is 2.05. The van der Waals surface area contributed by atoms with Gasteiger partial charge >= 0.3 is 0 Å². The smallest absolute Gasteiger partial charge is 0.253 e. The average Bonchev–Trinajstić information content (AvgIpc) is 2.66. The fourth-order valence-corrected chi connectivity index (χ4v) is 2.28. The first-order chi connectivity index (χ1) is 12.4. The van der Waals surface area contributed by atoms with Gasteiger partial charge in [-0.2, -0.15) is 0 Å². The lowest BCUT2D eigenvalue weighted by molar-refractivity contribution is 0.0827. The molecule has 0 fully saturated rings. The molecule has 0 aliphatic heterocycles. The number of methoxy groups -OCH3 is 2. The van der Waals surface area contributed by atoms with E-state index in [1.54, 1.807) is 58.6 Å². The highest BCUT2D eigenvalue weighted by atomic mass is 16.5. The van der Waals surface area contributed by atoms with Gasteiger partial charge in [-0.1, -0.05) is 12.1 Å². The zero-order chi connectivity index (χ0) is 19.1. The van der Waals surface area contributed by atoms with E-state index in [1.807, 2.05) is 12.1 Å². The molecule has 0 unspecified atom stereocenters. The molecule has 0 aliphatic rings. The molecule has 0 spiro atoms. The van der Waals surface area contributed by atoms with Crippen LogP contribution in [0.1, 0.15) is 15.9 Å². The van der Waals surface area contributed by atoms with Crippen LogP contribution < -0.4 is 20.5 Å². The van der Waals surface area contributed by atoms with Gasteiger partial charge in [-0.15, -0.1) is 0 Å². The maximum absolute atomic E-state index is 11.9. The Hall–Kier alpha value is -3.22. The zero-order valence-electron chi connectivity index (χ0n) is 15.4. The summed E-state index contributed by atoms with van der Waals surface area (Å²) in [6.45, 7) is 0.390. The Kier molecular flexibility index (Phi) is 6.43. The number of anilines is 1. The molecular formula is C19H24N4O3. The molecule has 0 saturated carbocycles. The number of benzene rings is 2. The van der Waals surface area contributed by atoms with Crippen LogP contribution in [0.3, 0.4) is 0 Å². The highest BCUT2D eigenvalue weighted by molar-refractivity contribution is 5.94. The van der Waals surface area contributed by atoms with Crippen LogP contribution in [0, 0.1) is 0 Å². The summed E-state index contributed by atoms with van der Waals surface area (Å²) in [7, 11) is 6.62. The minimum atomic E-state index is -0.0358. The standard InChI is InChI=1S/C19H24N4O3/c1-23(2)18(24)14-7-5-13(6-8-14)12-21-19(20)22-16-11-15(25-3)9-10-17(16)26-4/h5-11H,12H2,1-4H3,(H3,20,21,22). The molecule has 0 saturated heterocycles. The molecule has 0 bridgehead atoms. The van der Waals surface area contributed by atoms with Gasteiger partial charge in [0.15, 0.2) is 5.96 Å². The molecule has 138 valence electrons. The summed E-state index contributed by atoms with van der Waals surface area (Å²) in [5.74, 6) is 1.54. The maximum Gasteiger partial charge on any atom is 0.253 e. The lowest BCUT2D eigenvalue weighted by Gasteiger charge is -2.12. The SMILES string of the molecule is COc1ccc(OC)c(NC(N)=NCc2ccc(C(=O)N(C)C)cc2)c1. The highest BCUT2D eigenvalue weighted by Crippen LogP contribution is 2.28. The van der Waals surface area contributed by atoms with Crippen molar-refractivity contribution in [1.82, 2.24) is 4.90 Å². The number of hydrogen-bond acceptors (Lipinski definition) is 4. The number of aliphatic imine (C=N–C) groups is 1. The topological polar surface area (TPSA) is 89.2 Å². The van der Waals surface area contributed by atoms with Gasteiger partial charge in [-0.3, -0.25) is 4.79 Å². The van der Waals surface area contributed by atoms with Crippen molar-refractivity contribution in [2.24, 2.45) is 10.7 Å². The molecular weight excluding hydrogens is 332 g/mol.